The van der Waals surface area contributed by atoms with Gasteiger partial charge >= 0.3 is 5.97 Å². The number of carbonyl (C=O) groups excluding carboxylic acids is 1. The normalized spacial score (nSPS) is 14.2. The molecule has 1 unspecified atom stereocenters. The van der Waals surface area contributed by atoms with Crippen LogP contribution in [0.4, 0.5) is 0 Å². The van der Waals surface area contributed by atoms with E-state index in [1.165, 1.54) is 12.7 Å². The number of methoxy groups -OCH3 is 1. The first-order chi connectivity index (χ1) is 7.62. The number of hydrogen-bond acceptors (Lipinski definition) is 2. The number of ether oxygens (including phenoxy) is 1. The minimum atomic E-state index is -0.357. The zero-order chi connectivity index (χ0) is 12.0. The van der Waals surface area contributed by atoms with Crippen LogP contribution in [-0.4, -0.2) is 13.1 Å². The van der Waals surface area contributed by atoms with Crippen LogP contribution in [0.25, 0.3) is 0 Å². The zero-order valence-corrected chi connectivity index (χ0v) is 10.3. The summed E-state index contributed by atoms with van der Waals surface area (Å²) >= 11 is 0. The Morgan fingerprint density at radius 3 is 2.44 bits per heavy atom. The molecule has 1 aromatic carbocycles. The third-order valence-electron chi connectivity index (χ3n) is 3.27. The zero-order valence-electron chi connectivity index (χ0n) is 10.3. The number of rotatable bonds is 5. The molecule has 0 saturated carbocycles. The van der Waals surface area contributed by atoms with Crippen LogP contribution >= 0.6 is 0 Å². The number of benzene rings is 1. The van der Waals surface area contributed by atoms with Crippen LogP contribution in [0.2, 0.25) is 0 Å². The molecule has 1 rings (SSSR count). The maximum absolute atomic E-state index is 11.7. The first-order valence-corrected chi connectivity index (χ1v) is 5.74. The van der Waals surface area contributed by atoms with Crippen LogP contribution in [0.5, 0.6) is 0 Å². The van der Waals surface area contributed by atoms with Crippen LogP contribution < -0.4 is 0 Å². The van der Waals surface area contributed by atoms with Gasteiger partial charge in [-0.15, -0.1) is 0 Å². The van der Waals surface area contributed by atoms with Crippen LogP contribution in [0.1, 0.15) is 32.3 Å². The van der Waals surface area contributed by atoms with Crippen molar-refractivity contribution in [1.29, 1.82) is 0 Å². The summed E-state index contributed by atoms with van der Waals surface area (Å²) in [6, 6.07) is 10.2. The molecule has 0 aliphatic heterocycles. The lowest BCUT2D eigenvalue weighted by Crippen LogP contribution is -2.29. The Morgan fingerprint density at radius 2 is 1.94 bits per heavy atom. The molecular weight excluding hydrogens is 200 g/mol. The molecule has 0 aliphatic carbocycles. The average Bonchev–Trinajstić information content (AvgIpc) is 2.36. The van der Waals surface area contributed by atoms with Gasteiger partial charge < -0.3 is 4.74 Å². The fourth-order valence-corrected chi connectivity index (χ4v) is 1.73. The van der Waals surface area contributed by atoms with Crippen molar-refractivity contribution in [2.24, 2.45) is 5.41 Å². The quantitative estimate of drug-likeness (QED) is 0.712. The summed E-state index contributed by atoms with van der Waals surface area (Å²) in [4.78, 5) is 11.7. The summed E-state index contributed by atoms with van der Waals surface area (Å²) in [5.74, 6) is -0.106. The first-order valence-electron chi connectivity index (χ1n) is 5.74. The number of esters is 1. The molecule has 0 saturated heterocycles. The van der Waals surface area contributed by atoms with E-state index < -0.39 is 0 Å². The monoisotopic (exact) mass is 220 g/mol. The Hall–Kier alpha value is -1.31. The van der Waals surface area contributed by atoms with Crippen LogP contribution in [0.15, 0.2) is 30.3 Å². The maximum atomic E-state index is 11.7. The summed E-state index contributed by atoms with van der Waals surface area (Å²) < 4.78 is 4.86. The molecule has 1 aromatic rings. The molecule has 1 atom stereocenters. The Balaban J connectivity index is 2.62. The Bertz CT molecular complexity index is 332. The molecule has 0 bridgehead atoms. The predicted molar refractivity (Wildman–Crippen MR) is 65.2 cm³/mol. The highest BCUT2D eigenvalue weighted by molar-refractivity contribution is 5.76. The molecule has 16 heavy (non-hydrogen) atoms. The van der Waals surface area contributed by atoms with E-state index in [4.69, 9.17) is 4.74 Å². The average molecular weight is 220 g/mol. The van der Waals surface area contributed by atoms with Gasteiger partial charge in [0.2, 0.25) is 0 Å². The molecule has 0 aromatic heterocycles. The van der Waals surface area contributed by atoms with Crippen LogP contribution in [0.3, 0.4) is 0 Å². The SMILES string of the molecule is CCC(C)(CCc1ccccc1)C(=O)OC. The number of carbonyl (C=O) groups is 1. The van der Waals surface area contributed by atoms with Crippen molar-refractivity contribution in [3.05, 3.63) is 35.9 Å². The Labute approximate surface area is 97.6 Å². The molecule has 0 heterocycles. The maximum Gasteiger partial charge on any atom is 0.311 e. The second-order valence-electron chi connectivity index (χ2n) is 4.39. The summed E-state index contributed by atoms with van der Waals surface area (Å²) in [6.07, 6.45) is 2.56. The minimum absolute atomic E-state index is 0.106. The summed E-state index contributed by atoms with van der Waals surface area (Å²) in [7, 11) is 1.46. The fourth-order valence-electron chi connectivity index (χ4n) is 1.73. The number of hydrogen-bond donors (Lipinski definition) is 0. The van der Waals surface area contributed by atoms with E-state index in [0.29, 0.717) is 0 Å². The van der Waals surface area contributed by atoms with Crippen molar-refractivity contribution in [1.82, 2.24) is 0 Å². The molecule has 2 nitrogen and oxygen atoms in total. The van der Waals surface area contributed by atoms with Gasteiger partial charge in [-0.05, 0) is 31.7 Å². The minimum Gasteiger partial charge on any atom is -0.469 e. The fraction of sp³-hybridized carbons (Fsp3) is 0.500. The Morgan fingerprint density at radius 1 is 1.31 bits per heavy atom. The third-order valence-corrected chi connectivity index (χ3v) is 3.27. The standard InChI is InChI=1S/C14H20O2/c1-4-14(2,13(15)16-3)11-10-12-8-6-5-7-9-12/h5-9H,4,10-11H2,1-3H3. The largest absolute Gasteiger partial charge is 0.469 e. The van der Waals surface area contributed by atoms with Crippen molar-refractivity contribution in [3.63, 3.8) is 0 Å². The molecule has 88 valence electrons. The van der Waals surface area contributed by atoms with E-state index in [2.05, 4.69) is 12.1 Å². The van der Waals surface area contributed by atoms with E-state index >= 15 is 0 Å². The Kier molecular flexibility index (Phi) is 4.53. The molecule has 0 aliphatic rings. The molecule has 0 N–H and O–H groups in total. The molecule has 0 fully saturated rings. The van der Waals surface area contributed by atoms with Gasteiger partial charge in [-0.3, -0.25) is 4.79 Å². The van der Waals surface area contributed by atoms with Crippen molar-refractivity contribution in [3.8, 4) is 0 Å². The van der Waals surface area contributed by atoms with Gasteiger partial charge in [0.1, 0.15) is 0 Å². The molecular formula is C14H20O2. The summed E-state index contributed by atoms with van der Waals surface area (Å²) in [5, 5.41) is 0. The summed E-state index contributed by atoms with van der Waals surface area (Å²) in [5.41, 5.74) is 0.913. The van der Waals surface area contributed by atoms with E-state index in [-0.39, 0.29) is 11.4 Å². The van der Waals surface area contributed by atoms with Crippen molar-refractivity contribution < 1.29 is 9.53 Å². The highest BCUT2D eigenvalue weighted by atomic mass is 16.5. The van der Waals surface area contributed by atoms with Crippen molar-refractivity contribution in [2.75, 3.05) is 7.11 Å². The van der Waals surface area contributed by atoms with E-state index in [9.17, 15) is 4.79 Å². The van der Waals surface area contributed by atoms with Gasteiger partial charge in [-0.1, -0.05) is 37.3 Å². The van der Waals surface area contributed by atoms with Gasteiger partial charge in [0, 0.05) is 0 Å². The summed E-state index contributed by atoms with van der Waals surface area (Å²) in [6.45, 7) is 4.00. The van der Waals surface area contributed by atoms with E-state index in [1.54, 1.807) is 0 Å². The van der Waals surface area contributed by atoms with Gasteiger partial charge in [-0.25, -0.2) is 0 Å². The van der Waals surface area contributed by atoms with Gasteiger partial charge in [-0.2, -0.15) is 0 Å². The third kappa shape index (κ3) is 3.09. The van der Waals surface area contributed by atoms with Crippen molar-refractivity contribution in [2.45, 2.75) is 33.1 Å². The topological polar surface area (TPSA) is 26.3 Å². The lowest BCUT2D eigenvalue weighted by Gasteiger charge is -2.24. The van der Waals surface area contributed by atoms with Gasteiger partial charge in [0.05, 0.1) is 12.5 Å². The predicted octanol–water partition coefficient (Wildman–Crippen LogP) is 3.21. The van der Waals surface area contributed by atoms with Gasteiger partial charge in [0.15, 0.2) is 0 Å². The van der Waals surface area contributed by atoms with E-state index in [0.717, 1.165) is 19.3 Å². The lowest BCUT2D eigenvalue weighted by molar-refractivity contribution is -0.152. The molecule has 2 heteroatoms. The molecule has 0 radical (unpaired) electrons. The molecule has 0 spiro atoms. The highest BCUT2D eigenvalue weighted by Gasteiger charge is 2.31. The highest BCUT2D eigenvalue weighted by Crippen LogP contribution is 2.29. The molecule has 0 amide bonds. The number of aryl methyl sites for hydroxylation is 1. The second-order valence-corrected chi connectivity index (χ2v) is 4.39. The van der Waals surface area contributed by atoms with Crippen LogP contribution in [0, 0.1) is 5.41 Å². The van der Waals surface area contributed by atoms with Gasteiger partial charge in [0.25, 0.3) is 0 Å². The first kappa shape index (κ1) is 12.8. The smallest absolute Gasteiger partial charge is 0.311 e. The van der Waals surface area contributed by atoms with Crippen molar-refractivity contribution >= 4 is 5.97 Å². The van der Waals surface area contributed by atoms with E-state index in [1.807, 2.05) is 32.0 Å². The second kappa shape index (κ2) is 5.69. The van der Waals surface area contributed by atoms with Crippen LogP contribution in [-0.2, 0) is 16.0 Å². The lowest BCUT2D eigenvalue weighted by atomic mass is 9.82.